The molecule has 2 saturated carbocycles. The van der Waals surface area contributed by atoms with Crippen LogP contribution in [0.5, 0.6) is 0 Å². The summed E-state index contributed by atoms with van der Waals surface area (Å²) in [6, 6.07) is 0. The lowest BCUT2D eigenvalue weighted by Gasteiger charge is -2.26. The summed E-state index contributed by atoms with van der Waals surface area (Å²) in [4.78, 5) is 0. The highest BCUT2D eigenvalue weighted by Gasteiger charge is 2.34. The van der Waals surface area contributed by atoms with Crippen molar-refractivity contribution in [3.05, 3.63) is 0 Å². The van der Waals surface area contributed by atoms with Gasteiger partial charge in [-0.1, -0.05) is 12.8 Å². The van der Waals surface area contributed by atoms with Crippen LogP contribution in [-0.2, 0) is 0 Å². The maximum absolute atomic E-state index is 9.01. The summed E-state index contributed by atoms with van der Waals surface area (Å²) in [7, 11) is 0. The van der Waals surface area contributed by atoms with Gasteiger partial charge in [-0.05, 0) is 37.0 Å². The summed E-state index contributed by atoms with van der Waals surface area (Å²) in [5, 5.41) is 9.01. The first kappa shape index (κ1) is 6.66. The van der Waals surface area contributed by atoms with Gasteiger partial charge in [0.15, 0.2) is 0 Å². The molecule has 2 fully saturated rings. The maximum Gasteiger partial charge on any atom is 0.0461 e. The monoisotopic (exact) mass is 140 g/mol. The molecule has 0 amide bonds. The second-order valence-corrected chi connectivity index (χ2v) is 3.96. The van der Waals surface area contributed by atoms with Crippen molar-refractivity contribution in [2.75, 3.05) is 6.61 Å². The molecule has 1 heteroatoms. The second-order valence-electron chi connectivity index (χ2n) is 3.96. The molecule has 0 aromatic rings. The number of fused-ring (bicyclic) bond motifs is 2. The van der Waals surface area contributed by atoms with Crippen molar-refractivity contribution in [1.82, 2.24) is 0 Å². The third-order valence-electron chi connectivity index (χ3n) is 3.43. The molecule has 0 aliphatic heterocycles. The normalized spacial score (nSPS) is 45.9. The summed E-state index contributed by atoms with van der Waals surface area (Å²) in [5.74, 6) is 2.59. The van der Waals surface area contributed by atoms with E-state index in [2.05, 4.69) is 0 Å². The smallest absolute Gasteiger partial charge is 0.0461 e. The molecular formula is C9H16O. The molecule has 2 aliphatic rings. The van der Waals surface area contributed by atoms with E-state index in [1.165, 1.54) is 32.1 Å². The quantitative estimate of drug-likeness (QED) is 0.589. The van der Waals surface area contributed by atoms with Crippen LogP contribution in [0.1, 0.15) is 32.1 Å². The third kappa shape index (κ3) is 0.968. The topological polar surface area (TPSA) is 20.2 Å². The van der Waals surface area contributed by atoms with E-state index in [-0.39, 0.29) is 0 Å². The van der Waals surface area contributed by atoms with Crippen LogP contribution in [0, 0.1) is 17.8 Å². The number of hydrogen-bond donors (Lipinski definition) is 1. The van der Waals surface area contributed by atoms with Crippen LogP contribution in [0.2, 0.25) is 0 Å². The molecular weight excluding hydrogens is 124 g/mol. The van der Waals surface area contributed by atoms with Crippen LogP contribution < -0.4 is 0 Å². The van der Waals surface area contributed by atoms with Gasteiger partial charge in [-0.25, -0.2) is 0 Å². The van der Waals surface area contributed by atoms with Gasteiger partial charge >= 0.3 is 0 Å². The van der Waals surface area contributed by atoms with E-state index >= 15 is 0 Å². The Morgan fingerprint density at radius 3 is 2.70 bits per heavy atom. The van der Waals surface area contributed by atoms with Crippen LogP contribution in [0.4, 0.5) is 0 Å². The lowest BCUT2D eigenvalue weighted by atomic mass is 9.80. The largest absolute Gasteiger partial charge is 0.396 e. The first-order chi connectivity index (χ1) is 4.90. The molecule has 10 heavy (non-hydrogen) atoms. The van der Waals surface area contributed by atoms with Gasteiger partial charge in [0, 0.05) is 6.61 Å². The van der Waals surface area contributed by atoms with Crippen LogP contribution in [-0.4, -0.2) is 11.7 Å². The van der Waals surface area contributed by atoms with Crippen LogP contribution in [0.3, 0.4) is 0 Å². The highest BCUT2D eigenvalue weighted by Crippen LogP contribution is 2.44. The Balaban J connectivity index is 2.00. The Morgan fingerprint density at radius 2 is 1.90 bits per heavy atom. The van der Waals surface area contributed by atoms with Gasteiger partial charge in [0.2, 0.25) is 0 Å². The lowest BCUT2D eigenvalue weighted by molar-refractivity contribution is 0.141. The summed E-state index contributed by atoms with van der Waals surface area (Å²) >= 11 is 0. The standard InChI is InChI=1S/C9H16O/c10-6-9-4-2-7-1-3-8(9)5-7/h7-10H,1-6H2/t7-,8+,9?/m0/s1. The zero-order valence-corrected chi connectivity index (χ0v) is 6.42. The van der Waals surface area contributed by atoms with Crippen molar-refractivity contribution in [3.63, 3.8) is 0 Å². The van der Waals surface area contributed by atoms with E-state index in [1.54, 1.807) is 0 Å². The minimum absolute atomic E-state index is 0.442. The Labute approximate surface area is 62.4 Å². The average molecular weight is 140 g/mol. The van der Waals surface area contributed by atoms with E-state index in [4.69, 9.17) is 5.11 Å². The molecule has 0 spiro atoms. The molecule has 3 atom stereocenters. The molecule has 0 heterocycles. The Kier molecular flexibility index (Phi) is 1.69. The number of aliphatic hydroxyl groups is 1. The molecule has 1 N–H and O–H groups in total. The van der Waals surface area contributed by atoms with E-state index in [0.29, 0.717) is 12.5 Å². The van der Waals surface area contributed by atoms with Crippen molar-refractivity contribution in [2.24, 2.45) is 17.8 Å². The second kappa shape index (κ2) is 2.54. The van der Waals surface area contributed by atoms with Crippen molar-refractivity contribution in [3.8, 4) is 0 Å². The minimum Gasteiger partial charge on any atom is -0.396 e. The van der Waals surface area contributed by atoms with E-state index < -0.39 is 0 Å². The first-order valence-corrected chi connectivity index (χ1v) is 4.51. The van der Waals surface area contributed by atoms with Gasteiger partial charge < -0.3 is 5.11 Å². The van der Waals surface area contributed by atoms with Crippen molar-refractivity contribution in [1.29, 1.82) is 0 Å². The van der Waals surface area contributed by atoms with Crippen LogP contribution >= 0.6 is 0 Å². The Bertz CT molecular complexity index is 122. The number of rotatable bonds is 1. The molecule has 58 valence electrons. The Morgan fingerprint density at radius 1 is 1.10 bits per heavy atom. The molecule has 2 rings (SSSR count). The molecule has 2 aliphatic carbocycles. The van der Waals surface area contributed by atoms with Gasteiger partial charge in [0.05, 0.1) is 0 Å². The zero-order chi connectivity index (χ0) is 6.97. The molecule has 1 unspecified atom stereocenters. The van der Waals surface area contributed by atoms with Gasteiger partial charge in [-0.3, -0.25) is 0 Å². The summed E-state index contributed by atoms with van der Waals surface area (Å²) in [6.07, 6.45) is 6.95. The molecule has 0 saturated heterocycles. The first-order valence-electron chi connectivity index (χ1n) is 4.51. The van der Waals surface area contributed by atoms with Gasteiger partial charge in [0.1, 0.15) is 0 Å². The maximum atomic E-state index is 9.01. The van der Waals surface area contributed by atoms with Crippen molar-refractivity contribution < 1.29 is 5.11 Å². The summed E-state index contributed by atoms with van der Waals surface area (Å²) in [5.41, 5.74) is 0. The van der Waals surface area contributed by atoms with E-state index in [9.17, 15) is 0 Å². The minimum atomic E-state index is 0.442. The predicted octanol–water partition coefficient (Wildman–Crippen LogP) is 1.80. The fourth-order valence-corrected chi connectivity index (χ4v) is 2.73. The van der Waals surface area contributed by atoms with Crippen molar-refractivity contribution in [2.45, 2.75) is 32.1 Å². The van der Waals surface area contributed by atoms with Gasteiger partial charge in [0.25, 0.3) is 0 Å². The molecule has 1 nitrogen and oxygen atoms in total. The predicted molar refractivity (Wildman–Crippen MR) is 40.6 cm³/mol. The van der Waals surface area contributed by atoms with E-state index in [1.807, 2.05) is 0 Å². The average Bonchev–Trinajstić information content (AvgIpc) is 2.34. The highest BCUT2D eigenvalue weighted by molar-refractivity contribution is 4.85. The molecule has 0 radical (unpaired) electrons. The molecule has 0 aromatic heterocycles. The summed E-state index contributed by atoms with van der Waals surface area (Å²) in [6.45, 7) is 0.442. The third-order valence-corrected chi connectivity index (χ3v) is 3.43. The Hall–Kier alpha value is -0.0400. The molecule has 2 bridgehead atoms. The number of aliphatic hydroxyl groups excluding tert-OH is 1. The van der Waals surface area contributed by atoms with E-state index in [0.717, 1.165) is 11.8 Å². The zero-order valence-electron chi connectivity index (χ0n) is 6.42. The van der Waals surface area contributed by atoms with Crippen molar-refractivity contribution >= 4 is 0 Å². The SMILES string of the molecule is OCC1CC[C@@H]2CC[C@@H]1C2. The van der Waals surface area contributed by atoms with Gasteiger partial charge in [-0.2, -0.15) is 0 Å². The fraction of sp³-hybridized carbons (Fsp3) is 1.00. The van der Waals surface area contributed by atoms with Crippen LogP contribution in [0.25, 0.3) is 0 Å². The molecule has 0 aromatic carbocycles. The van der Waals surface area contributed by atoms with Gasteiger partial charge in [-0.15, -0.1) is 0 Å². The van der Waals surface area contributed by atoms with Crippen LogP contribution in [0.15, 0.2) is 0 Å². The summed E-state index contributed by atoms with van der Waals surface area (Å²) < 4.78 is 0. The fourth-order valence-electron chi connectivity index (χ4n) is 2.73. The number of hydrogen-bond acceptors (Lipinski definition) is 1. The lowest BCUT2D eigenvalue weighted by Crippen LogP contribution is -2.20. The highest BCUT2D eigenvalue weighted by atomic mass is 16.3.